The molecule has 0 aliphatic carbocycles. The molecule has 0 aliphatic rings. The molecule has 0 fully saturated rings. The van der Waals surface area contributed by atoms with Gasteiger partial charge >= 0.3 is 7.32 Å². The molecule has 1 heterocycles. The molecule has 0 spiro atoms. The van der Waals surface area contributed by atoms with Gasteiger partial charge in [0.2, 0.25) is 0 Å². The van der Waals surface area contributed by atoms with Gasteiger partial charge in [0.25, 0.3) is 0 Å². The Morgan fingerprint density at radius 1 is 0.639 bits per heavy atom. The Labute approximate surface area is 224 Å². The smallest absolute Gasteiger partial charge is 0.402 e. The van der Waals surface area contributed by atoms with Crippen molar-refractivity contribution in [2.45, 2.75) is 161 Å². The zero-order chi connectivity index (χ0) is 26.2. The highest BCUT2D eigenvalue weighted by molar-refractivity contribution is 6.32. The van der Waals surface area contributed by atoms with Crippen LogP contribution in [-0.2, 0) is 10.1 Å². The summed E-state index contributed by atoms with van der Waals surface area (Å²) >= 11 is 0. The van der Waals surface area contributed by atoms with Crippen molar-refractivity contribution in [2.24, 2.45) is 0 Å². The van der Waals surface area contributed by atoms with E-state index in [1.54, 1.807) is 0 Å². The first kappa shape index (κ1) is 33.1. The second-order valence-electron chi connectivity index (χ2n) is 11.0. The average molecular weight is 504 g/mol. The minimum atomic E-state index is -1.73. The third kappa shape index (κ3) is 16.8. The molecule has 0 radical (unpaired) electrons. The summed E-state index contributed by atoms with van der Waals surface area (Å²) in [6, 6.07) is 6.10. The van der Waals surface area contributed by atoms with Crippen LogP contribution in [0.5, 0.6) is 0 Å². The summed E-state index contributed by atoms with van der Waals surface area (Å²) in [7, 11) is -1.73. The molecule has 0 saturated carbocycles. The van der Waals surface area contributed by atoms with Crippen LogP contribution in [0.4, 0.5) is 0 Å². The van der Waals surface area contributed by atoms with E-state index in [1.165, 1.54) is 116 Å². The Hall–Kier alpha value is -0.905. The van der Waals surface area contributed by atoms with Crippen molar-refractivity contribution >= 4 is 7.32 Å². The fourth-order valence-electron chi connectivity index (χ4n) is 5.41. The van der Waals surface area contributed by atoms with Gasteiger partial charge in [-0.15, -0.1) is 0 Å². The zero-order valence-electron chi connectivity index (χ0n) is 23.9. The summed E-state index contributed by atoms with van der Waals surface area (Å²) < 4.78 is 5.42. The fourth-order valence-corrected chi connectivity index (χ4v) is 5.41. The molecule has 0 saturated heterocycles. The van der Waals surface area contributed by atoms with Gasteiger partial charge in [0.1, 0.15) is 0 Å². The fraction of sp³-hybridized carbons (Fsp3) is 0.839. The number of aromatic nitrogens is 1. The lowest BCUT2D eigenvalue weighted by molar-refractivity contribution is 0.121. The van der Waals surface area contributed by atoms with Gasteiger partial charge in [0, 0.05) is 23.9 Å². The maximum absolute atomic E-state index is 9.47. The summed E-state index contributed by atoms with van der Waals surface area (Å²) in [5.41, 5.74) is 0.795. The molecule has 5 heteroatoms. The molecule has 0 aromatic carbocycles. The van der Waals surface area contributed by atoms with E-state index in [9.17, 15) is 10.0 Å². The second kappa shape index (κ2) is 23.2. The Bertz CT molecular complexity index is 560. The molecular formula is C31H58BNO3. The van der Waals surface area contributed by atoms with Crippen LogP contribution in [-0.4, -0.2) is 29.0 Å². The van der Waals surface area contributed by atoms with Crippen molar-refractivity contribution in [1.29, 1.82) is 0 Å². The van der Waals surface area contributed by atoms with Crippen LogP contribution in [0.1, 0.15) is 161 Å². The lowest BCUT2D eigenvalue weighted by atomic mass is 9.75. The summed E-state index contributed by atoms with van der Waals surface area (Å²) in [4.78, 5) is 4.71. The summed E-state index contributed by atoms with van der Waals surface area (Å²) in [6.45, 7) is 4.86. The third-order valence-electron chi connectivity index (χ3n) is 7.73. The monoisotopic (exact) mass is 503 g/mol. The van der Waals surface area contributed by atoms with Crippen LogP contribution >= 0.6 is 0 Å². The highest BCUT2D eigenvalue weighted by atomic mass is 16.6. The Balaban J connectivity index is 2.50. The van der Waals surface area contributed by atoms with Gasteiger partial charge in [-0.2, -0.15) is 0 Å². The minimum absolute atomic E-state index is 0.245. The first-order valence-electron chi connectivity index (χ1n) is 15.5. The van der Waals surface area contributed by atoms with Gasteiger partial charge in [-0.25, -0.2) is 0 Å². The van der Waals surface area contributed by atoms with E-state index >= 15 is 0 Å². The largest absolute Gasteiger partial charge is 0.633 e. The number of nitrogens with zero attached hydrogens (tertiary/aromatic N) is 1. The second-order valence-corrected chi connectivity index (χ2v) is 11.0. The van der Waals surface area contributed by atoms with Gasteiger partial charge < -0.3 is 14.7 Å². The maximum Gasteiger partial charge on any atom is 0.633 e. The molecule has 1 aromatic rings. The van der Waals surface area contributed by atoms with E-state index in [1.807, 2.05) is 18.3 Å². The first-order chi connectivity index (χ1) is 17.6. The van der Waals surface area contributed by atoms with Crippen molar-refractivity contribution < 1.29 is 14.7 Å². The third-order valence-corrected chi connectivity index (χ3v) is 7.73. The Kier molecular flexibility index (Phi) is 21.4. The van der Waals surface area contributed by atoms with Crippen LogP contribution < -0.4 is 0 Å². The molecule has 36 heavy (non-hydrogen) atoms. The number of hydrogen-bond acceptors (Lipinski definition) is 4. The average Bonchev–Trinajstić information content (AvgIpc) is 2.89. The van der Waals surface area contributed by atoms with Gasteiger partial charge in [-0.3, -0.25) is 4.98 Å². The quantitative estimate of drug-likeness (QED) is 0.0978. The van der Waals surface area contributed by atoms with E-state index in [2.05, 4.69) is 19.9 Å². The molecule has 0 unspecified atom stereocenters. The van der Waals surface area contributed by atoms with E-state index in [-0.39, 0.29) is 5.41 Å². The van der Waals surface area contributed by atoms with Crippen LogP contribution in [0.25, 0.3) is 0 Å². The van der Waals surface area contributed by atoms with Crippen LogP contribution in [0, 0.1) is 0 Å². The molecule has 0 aliphatic heterocycles. The van der Waals surface area contributed by atoms with Gasteiger partial charge in [0.15, 0.2) is 0 Å². The number of rotatable bonds is 26. The molecular weight excluding hydrogens is 445 g/mol. The Morgan fingerprint density at radius 3 is 1.42 bits per heavy atom. The van der Waals surface area contributed by atoms with Crippen molar-refractivity contribution in [3.05, 3.63) is 30.1 Å². The lowest BCUT2D eigenvalue weighted by Crippen LogP contribution is -2.36. The van der Waals surface area contributed by atoms with E-state index in [4.69, 9.17) is 9.64 Å². The molecule has 0 bridgehead atoms. The predicted octanol–water partition coefficient (Wildman–Crippen LogP) is 8.93. The topological polar surface area (TPSA) is 62.6 Å². The molecule has 2 N–H and O–H groups in total. The van der Waals surface area contributed by atoms with Crippen LogP contribution in [0.3, 0.4) is 0 Å². The first-order valence-corrected chi connectivity index (χ1v) is 15.5. The van der Waals surface area contributed by atoms with Gasteiger partial charge in [0.05, 0.1) is 0 Å². The van der Waals surface area contributed by atoms with Gasteiger partial charge in [-0.1, -0.05) is 148 Å². The molecule has 208 valence electrons. The maximum atomic E-state index is 9.47. The lowest BCUT2D eigenvalue weighted by Gasteiger charge is -2.34. The Morgan fingerprint density at radius 2 is 1.06 bits per heavy atom. The van der Waals surface area contributed by atoms with E-state index in [0.717, 1.165) is 31.4 Å². The molecule has 0 atom stereocenters. The summed E-state index contributed by atoms with van der Waals surface area (Å²) in [5, 5.41) is 18.9. The standard InChI is InChI=1S/C31H58BNO3/c1-3-5-7-9-11-13-15-17-19-22-26-31(29-36-32(34)35,30-25-21-24-28-33-30)27-23-20-18-16-14-12-10-8-6-4-2/h21,24-25,28,34-35H,3-20,22-23,26-27,29H2,1-2H3. The highest BCUT2D eigenvalue weighted by Crippen LogP contribution is 2.35. The molecule has 1 aromatic heterocycles. The van der Waals surface area contributed by atoms with Crippen LogP contribution in [0.15, 0.2) is 24.4 Å². The molecule has 1 rings (SSSR count). The van der Waals surface area contributed by atoms with Crippen molar-refractivity contribution in [1.82, 2.24) is 4.98 Å². The normalized spacial score (nSPS) is 11.8. The van der Waals surface area contributed by atoms with Crippen LogP contribution in [0.2, 0.25) is 0 Å². The van der Waals surface area contributed by atoms with E-state index in [0.29, 0.717) is 6.61 Å². The number of unbranched alkanes of at least 4 members (excludes halogenated alkanes) is 18. The number of hydrogen-bond donors (Lipinski definition) is 2. The van der Waals surface area contributed by atoms with Crippen molar-refractivity contribution in [3.8, 4) is 0 Å². The molecule has 0 amide bonds. The predicted molar refractivity (Wildman–Crippen MR) is 155 cm³/mol. The summed E-state index contributed by atoms with van der Waals surface area (Å²) in [6.07, 6.45) is 30.2. The SMILES string of the molecule is CCCCCCCCCCCCC(CCCCCCCCCCCC)(COB(O)O)c1ccccn1. The minimum Gasteiger partial charge on any atom is -0.402 e. The highest BCUT2D eigenvalue weighted by Gasteiger charge is 2.34. The van der Waals surface area contributed by atoms with Crippen molar-refractivity contribution in [3.63, 3.8) is 0 Å². The van der Waals surface area contributed by atoms with Crippen molar-refractivity contribution in [2.75, 3.05) is 6.61 Å². The summed E-state index contributed by atoms with van der Waals surface area (Å²) in [5.74, 6) is 0. The van der Waals surface area contributed by atoms with Gasteiger partial charge in [-0.05, 0) is 25.0 Å². The number of pyridine rings is 1. The zero-order valence-corrected chi connectivity index (χ0v) is 23.9. The van der Waals surface area contributed by atoms with E-state index < -0.39 is 7.32 Å². The molecule has 4 nitrogen and oxygen atoms in total.